The molecule has 1 aromatic carbocycles. The zero-order chi connectivity index (χ0) is 13.9. The summed E-state index contributed by atoms with van der Waals surface area (Å²) >= 11 is 3.42. The molecule has 0 fully saturated rings. The van der Waals surface area contributed by atoms with Gasteiger partial charge in [-0.15, -0.1) is 0 Å². The van der Waals surface area contributed by atoms with Gasteiger partial charge in [-0.25, -0.2) is 8.78 Å². The second-order valence-corrected chi connectivity index (χ2v) is 5.41. The van der Waals surface area contributed by atoms with E-state index < -0.39 is 11.6 Å². The highest BCUT2D eigenvalue weighted by molar-refractivity contribution is 9.09. The van der Waals surface area contributed by atoms with Crippen LogP contribution in [0.5, 0.6) is 5.75 Å². The van der Waals surface area contributed by atoms with Crippen LogP contribution in [0.2, 0.25) is 0 Å². The van der Waals surface area contributed by atoms with Gasteiger partial charge >= 0.3 is 0 Å². The molecule has 0 atom stereocenters. The van der Waals surface area contributed by atoms with Gasteiger partial charge in [0.05, 0.1) is 6.61 Å². The van der Waals surface area contributed by atoms with Crippen LogP contribution in [0.4, 0.5) is 8.78 Å². The first-order valence-corrected chi connectivity index (χ1v) is 7.99. The first-order chi connectivity index (χ1) is 9.22. The summed E-state index contributed by atoms with van der Waals surface area (Å²) in [4.78, 5) is 0. The van der Waals surface area contributed by atoms with Crippen LogP contribution >= 0.6 is 15.9 Å². The van der Waals surface area contributed by atoms with Gasteiger partial charge in [-0.05, 0) is 12.8 Å². The molecule has 0 aromatic heterocycles. The maximum absolute atomic E-state index is 12.9. The van der Waals surface area contributed by atoms with Crippen LogP contribution in [0.15, 0.2) is 18.2 Å². The van der Waals surface area contributed by atoms with Crippen molar-refractivity contribution in [1.82, 2.24) is 0 Å². The number of ether oxygens (including phenoxy) is 1. The molecule has 0 radical (unpaired) electrons. The van der Waals surface area contributed by atoms with Crippen LogP contribution in [0.25, 0.3) is 0 Å². The van der Waals surface area contributed by atoms with E-state index >= 15 is 0 Å². The van der Waals surface area contributed by atoms with Crippen molar-refractivity contribution >= 4 is 15.9 Å². The third-order valence-electron chi connectivity index (χ3n) is 2.88. The molecule has 1 rings (SSSR count). The Morgan fingerprint density at radius 2 is 1.32 bits per heavy atom. The van der Waals surface area contributed by atoms with E-state index in [-0.39, 0.29) is 5.75 Å². The summed E-state index contributed by atoms with van der Waals surface area (Å²) in [6.07, 6.45) is 8.29. The van der Waals surface area contributed by atoms with Crippen molar-refractivity contribution in [2.24, 2.45) is 0 Å². The number of unbranched alkanes of at least 4 members (excludes halogenated alkanes) is 6. The fourth-order valence-corrected chi connectivity index (χ4v) is 2.28. The van der Waals surface area contributed by atoms with Gasteiger partial charge in [-0.1, -0.05) is 48.0 Å². The van der Waals surface area contributed by atoms with Crippen LogP contribution in [-0.2, 0) is 0 Å². The van der Waals surface area contributed by atoms with Crippen molar-refractivity contribution in [1.29, 1.82) is 0 Å². The van der Waals surface area contributed by atoms with Crippen molar-refractivity contribution in [2.75, 3.05) is 11.9 Å². The highest BCUT2D eigenvalue weighted by Gasteiger charge is 2.01. The number of rotatable bonds is 10. The summed E-state index contributed by atoms with van der Waals surface area (Å²) in [5, 5.41) is 1.09. The first kappa shape index (κ1) is 16.4. The molecule has 108 valence electrons. The zero-order valence-electron chi connectivity index (χ0n) is 11.1. The molecule has 0 aliphatic rings. The molecule has 0 spiro atoms. The van der Waals surface area contributed by atoms with Gasteiger partial charge < -0.3 is 4.74 Å². The fraction of sp³-hybridized carbons (Fsp3) is 0.600. The van der Waals surface area contributed by atoms with Gasteiger partial charge in [0.1, 0.15) is 17.4 Å². The van der Waals surface area contributed by atoms with E-state index in [0.29, 0.717) is 6.61 Å². The lowest BCUT2D eigenvalue weighted by Crippen LogP contribution is -1.98. The minimum atomic E-state index is -0.596. The summed E-state index contributed by atoms with van der Waals surface area (Å²) in [5.74, 6) is -0.918. The zero-order valence-corrected chi connectivity index (χ0v) is 12.7. The lowest BCUT2D eigenvalue weighted by atomic mass is 10.1. The molecular weight excluding hydrogens is 314 g/mol. The maximum atomic E-state index is 12.9. The third kappa shape index (κ3) is 8.19. The number of benzene rings is 1. The van der Waals surface area contributed by atoms with Gasteiger partial charge in [-0.2, -0.15) is 0 Å². The van der Waals surface area contributed by atoms with E-state index in [9.17, 15) is 8.78 Å². The lowest BCUT2D eigenvalue weighted by Gasteiger charge is -2.06. The van der Waals surface area contributed by atoms with Gasteiger partial charge in [0.2, 0.25) is 0 Å². The molecule has 4 heteroatoms. The topological polar surface area (TPSA) is 9.23 Å². The molecule has 1 nitrogen and oxygen atoms in total. The van der Waals surface area contributed by atoms with Crippen LogP contribution in [-0.4, -0.2) is 11.9 Å². The molecule has 0 bridgehead atoms. The van der Waals surface area contributed by atoms with Crippen molar-refractivity contribution in [2.45, 2.75) is 44.9 Å². The Bertz CT molecular complexity index is 338. The molecular formula is C15H21BrF2O. The Labute approximate surface area is 122 Å². The monoisotopic (exact) mass is 334 g/mol. The molecule has 0 unspecified atom stereocenters. The standard InChI is InChI=1S/C15H21BrF2O/c16-8-6-4-2-1-3-5-7-9-19-15-11-13(17)10-14(18)12-15/h10-12H,1-9H2. The summed E-state index contributed by atoms with van der Waals surface area (Å²) in [5.41, 5.74) is 0. The number of hydrogen-bond acceptors (Lipinski definition) is 1. The summed E-state index contributed by atoms with van der Waals surface area (Å²) < 4.78 is 31.1. The smallest absolute Gasteiger partial charge is 0.129 e. The minimum absolute atomic E-state index is 0.273. The van der Waals surface area contributed by atoms with Crippen molar-refractivity contribution < 1.29 is 13.5 Å². The Kier molecular flexibility index (Phi) is 8.80. The first-order valence-electron chi connectivity index (χ1n) is 6.87. The van der Waals surface area contributed by atoms with E-state index in [4.69, 9.17) is 4.74 Å². The van der Waals surface area contributed by atoms with Crippen molar-refractivity contribution in [3.63, 3.8) is 0 Å². The molecule has 0 heterocycles. The normalized spacial score (nSPS) is 10.7. The highest BCUT2D eigenvalue weighted by Crippen LogP contribution is 2.16. The van der Waals surface area contributed by atoms with E-state index in [1.807, 2.05) is 0 Å². The molecule has 0 saturated carbocycles. The Balaban J connectivity index is 2.01. The average Bonchev–Trinajstić information content (AvgIpc) is 2.36. The van der Waals surface area contributed by atoms with Crippen LogP contribution in [0.3, 0.4) is 0 Å². The van der Waals surface area contributed by atoms with E-state index in [2.05, 4.69) is 15.9 Å². The van der Waals surface area contributed by atoms with Gasteiger partial charge in [0.25, 0.3) is 0 Å². The predicted molar refractivity (Wildman–Crippen MR) is 78.0 cm³/mol. The number of halogens is 3. The minimum Gasteiger partial charge on any atom is -0.493 e. The molecule has 0 aliphatic heterocycles. The number of alkyl halides is 1. The van der Waals surface area contributed by atoms with Gasteiger partial charge in [-0.3, -0.25) is 0 Å². The fourth-order valence-electron chi connectivity index (χ4n) is 1.88. The highest BCUT2D eigenvalue weighted by atomic mass is 79.9. The molecule has 0 amide bonds. The third-order valence-corrected chi connectivity index (χ3v) is 3.44. The van der Waals surface area contributed by atoms with Gasteiger partial charge in [0.15, 0.2) is 0 Å². The summed E-state index contributed by atoms with van der Waals surface area (Å²) in [7, 11) is 0. The molecule has 19 heavy (non-hydrogen) atoms. The maximum Gasteiger partial charge on any atom is 0.129 e. The molecule has 0 aliphatic carbocycles. The lowest BCUT2D eigenvalue weighted by molar-refractivity contribution is 0.301. The quantitative estimate of drug-likeness (QED) is 0.407. The largest absolute Gasteiger partial charge is 0.493 e. The Morgan fingerprint density at radius 3 is 1.89 bits per heavy atom. The second-order valence-electron chi connectivity index (χ2n) is 4.62. The van der Waals surface area contributed by atoms with Gasteiger partial charge in [0, 0.05) is 23.5 Å². The van der Waals surface area contributed by atoms with Crippen molar-refractivity contribution in [3.05, 3.63) is 29.8 Å². The molecule has 0 N–H and O–H groups in total. The second kappa shape index (κ2) is 10.2. The summed E-state index contributed by atoms with van der Waals surface area (Å²) in [6.45, 7) is 0.518. The van der Waals surface area contributed by atoms with E-state index in [1.165, 1.54) is 44.2 Å². The number of hydrogen-bond donors (Lipinski definition) is 0. The SMILES string of the molecule is Fc1cc(F)cc(OCCCCCCCCCBr)c1. The average molecular weight is 335 g/mol. The van der Waals surface area contributed by atoms with Crippen molar-refractivity contribution in [3.8, 4) is 5.75 Å². The van der Waals surface area contributed by atoms with Crippen LogP contribution < -0.4 is 4.74 Å². The predicted octanol–water partition coefficient (Wildman–Crippen LogP) is 5.47. The molecule has 1 aromatic rings. The van der Waals surface area contributed by atoms with E-state index in [1.54, 1.807) is 0 Å². The Hall–Kier alpha value is -0.640. The molecule has 0 saturated heterocycles. The van der Waals surface area contributed by atoms with Crippen LogP contribution in [0, 0.1) is 11.6 Å². The van der Waals surface area contributed by atoms with Crippen LogP contribution in [0.1, 0.15) is 44.9 Å². The summed E-state index contributed by atoms with van der Waals surface area (Å²) in [6, 6.07) is 3.27. The Morgan fingerprint density at radius 1 is 0.789 bits per heavy atom. The van der Waals surface area contributed by atoms with E-state index in [0.717, 1.165) is 24.2 Å².